The van der Waals surface area contributed by atoms with Crippen molar-refractivity contribution in [1.82, 2.24) is 29.2 Å². The summed E-state index contributed by atoms with van der Waals surface area (Å²) in [4.78, 5) is 40.0. The van der Waals surface area contributed by atoms with Crippen molar-refractivity contribution in [3.63, 3.8) is 0 Å². The van der Waals surface area contributed by atoms with E-state index in [1.165, 1.54) is 22.2 Å². The Morgan fingerprint density at radius 2 is 1.90 bits per heavy atom. The molecule has 148 valence electrons. The van der Waals surface area contributed by atoms with Crippen LogP contribution in [-0.2, 0) is 0 Å². The summed E-state index contributed by atoms with van der Waals surface area (Å²) in [5, 5.41) is 4.63. The number of aryl methyl sites for hydroxylation is 2. The monoisotopic (exact) mass is 417 g/mol. The molecule has 0 radical (unpaired) electrons. The van der Waals surface area contributed by atoms with Gasteiger partial charge in [0.2, 0.25) is 5.82 Å². The fraction of sp³-hybridized carbons (Fsp3) is 0.100. The number of nitrogens with one attached hydrogen (secondary N) is 1. The summed E-state index contributed by atoms with van der Waals surface area (Å²) in [5.74, 6) is -0.411. The molecule has 1 amide bonds. The smallest absolute Gasteiger partial charge is 0.267 e. The molecule has 0 aliphatic heterocycles. The number of amides is 1. The molecule has 0 bridgehead atoms. The fourth-order valence-corrected chi connectivity index (χ4v) is 4.30. The van der Waals surface area contributed by atoms with E-state index in [-0.39, 0.29) is 11.4 Å². The normalized spacial score (nSPS) is 11.3. The highest BCUT2D eigenvalue weighted by atomic mass is 32.1. The lowest BCUT2D eigenvalue weighted by Crippen LogP contribution is -2.33. The highest BCUT2D eigenvalue weighted by molar-refractivity contribution is 7.19. The molecular weight excluding hydrogens is 402 g/mol. The van der Waals surface area contributed by atoms with Crippen LogP contribution in [0.25, 0.3) is 27.1 Å². The molecule has 0 spiro atoms. The number of fused-ring (bicyclic) bond motifs is 2. The Balaban J connectivity index is 1.58. The predicted molar refractivity (Wildman–Crippen MR) is 113 cm³/mol. The molecule has 0 aliphatic rings. The quantitative estimate of drug-likeness (QED) is 0.483. The molecule has 30 heavy (non-hydrogen) atoms. The molecule has 0 unspecified atom stereocenters. The van der Waals surface area contributed by atoms with Crippen LogP contribution in [0, 0.1) is 13.8 Å². The maximum absolute atomic E-state index is 13.2. The average Bonchev–Trinajstić information content (AvgIpc) is 3.33. The first kappa shape index (κ1) is 18.1. The van der Waals surface area contributed by atoms with Crippen LogP contribution in [0.15, 0.2) is 53.7 Å². The molecule has 1 N–H and O–H groups in total. The molecule has 10 heteroatoms. The molecule has 4 aromatic heterocycles. The minimum Gasteiger partial charge on any atom is -0.267 e. The van der Waals surface area contributed by atoms with E-state index >= 15 is 0 Å². The lowest BCUT2D eigenvalue weighted by molar-refractivity contribution is 0.0997. The minimum atomic E-state index is -0.628. The fourth-order valence-electron chi connectivity index (χ4n) is 3.30. The molecule has 0 saturated carbocycles. The van der Waals surface area contributed by atoms with Crippen molar-refractivity contribution in [3.05, 3.63) is 75.7 Å². The first-order chi connectivity index (χ1) is 14.5. The number of benzene rings is 1. The molecule has 0 saturated heterocycles. The van der Waals surface area contributed by atoms with E-state index in [1.807, 2.05) is 44.2 Å². The van der Waals surface area contributed by atoms with Crippen molar-refractivity contribution in [2.75, 3.05) is 5.43 Å². The van der Waals surface area contributed by atoms with Crippen LogP contribution in [0.2, 0.25) is 0 Å². The van der Waals surface area contributed by atoms with Crippen LogP contribution in [0.5, 0.6) is 0 Å². The van der Waals surface area contributed by atoms with Gasteiger partial charge in [0, 0.05) is 22.3 Å². The zero-order chi connectivity index (χ0) is 20.8. The van der Waals surface area contributed by atoms with Crippen molar-refractivity contribution in [3.8, 4) is 11.1 Å². The first-order valence-corrected chi connectivity index (χ1v) is 9.90. The van der Waals surface area contributed by atoms with Crippen molar-refractivity contribution in [2.24, 2.45) is 0 Å². The molecule has 0 aliphatic carbocycles. The summed E-state index contributed by atoms with van der Waals surface area (Å²) >= 11 is 1.44. The maximum atomic E-state index is 13.2. The van der Waals surface area contributed by atoms with E-state index in [2.05, 4.69) is 25.5 Å². The van der Waals surface area contributed by atoms with Crippen LogP contribution >= 0.6 is 11.3 Å². The van der Waals surface area contributed by atoms with Crippen molar-refractivity contribution in [1.29, 1.82) is 0 Å². The molecule has 9 nitrogen and oxygen atoms in total. The Hall–Kier alpha value is -3.92. The van der Waals surface area contributed by atoms with Gasteiger partial charge in [-0.15, -0.1) is 16.4 Å². The number of aromatic nitrogens is 6. The van der Waals surface area contributed by atoms with E-state index in [0.29, 0.717) is 16.0 Å². The Morgan fingerprint density at radius 1 is 1.10 bits per heavy atom. The third-order valence-electron chi connectivity index (χ3n) is 4.71. The minimum absolute atomic E-state index is 0.0893. The molecule has 5 rings (SSSR count). The Morgan fingerprint density at radius 3 is 2.67 bits per heavy atom. The van der Waals surface area contributed by atoms with Gasteiger partial charge in [-0.25, -0.2) is 19.2 Å². The Bertz CT molecular complexity index is 1480. The molecule has 0 atom stereocenters. The van der Waals surface area contributed by atoms with Gasteiger partial charge >= 0.3 is 5.91 Å². The molecule has 0 fully saturated rings. The Labute approximate surface area is 173 Å². The molecule has 5 aromatic rings. The summed E-state index contributed by atoms with van der Waals surface area (Å²) in [5.41, 5.74) is 4.69. The van der Waals surface area contributed by atoms with E-state index in [4.69, 9.17) is 0 Å². The summed E-state index contributed by atoms with van der Waals surface area (Å²) < 4.78 is 2.53. The van der Waals surface area contributed by atoms with Gasteiger partial charge in [0.1, 0.15) is 11.2 Å². The average molecular weight is 417 g/mol. The number of nitrogens with zero attached hydrogens (tertiary/aromatic N) is 6. The second kappa shape index (κ2) is 6.85. The van der Waals surface area contributed by atoms with E-state index in [0.717, 1.165) is 26.4 Å². The zero-order valence-electron chi connectivity index (χ0n) is 16.0. The second-order valence-electron chi connectivity index (χ2n) is 6.67. The van der Waals surface area contributed by atoms with Crippen molar-refractivity contribution in [2.45, 2.75) is 13.8 Å². The van der Waals surface area contributed by atoms with Crippen molar-refractivity contribution < 1.29 is 4.79 Å². The summed E-state index contributed by atoms with van der Waals surface area (Å²) in [7, 11) is 0. The van der Waals surface area contributed by atoms with Crippen LogP contribution in [0.4, 0.5) is 0 Å². The van der Waals surface area contributed by atoms with Crippen LogP contribution in [-0.4, -0.2) is 35.1 Å². The number of hydrogen-bond donors (Lipinski definition) is 1. The highest BCUT2D eigenvalue weighted by Gasteiger charge is 2.19. The molecule has 4 heterocycles. The zero-order valence-corrected chi connectivity index (χ0v) is 16.8. The number of carbonyl (C=O) groups is 1. The largest absolute Gasteiger partial charge is 0.309 e. The molecule has 1 aromatic carbocycles. The van der Waals surface area contributed by atoms with E-state index in [1.54, 1.807) is 12.3 Å². The van der Waals surface area contributed by atoms with Crippen LogP contribution in [0.1, 0.15) is 21.2 Å². The standard InChI is InChI=1S/C20H15N7O2S/c1-11-8-9-21-20-23-16(24-27(11)20)17(28)25-26-10-22-18-15(19(26)29)14(12(2)30-18)13-6-4-3-5-7-13/h3-10H,1-2H3,(H,25,28). The number of rotatable bonds is 3. The third kappa shape index (κ3) is 2.85. The van der Waals surface area contributed by atoms with Gasteiger partial charge < -0.3 is 0 Å². The summed E-state index contributed by atoms with van der Waals surface area (Å²) in [6, 6.07) is 11.4. The van der Waals surface area contributed by atoms with Gasteiger partial charge in [0.15, 0.2) is 0 Å². The Kier molecular flexibility index (Phi) is 4.14. The lowest BCUT2D eigenvalue weighted by Gasteiger charge is -2.06. The summed E-state index contributed by atoms with van der Waals surface area (Å²) in [6.45, 7) is 3.78. The highest BCUT2D eigenvalue weighted by Crippen LogP contribution is 2.35. The number of hydrogen-bond acceptors (Lipinski definition) is 7. The number of carbonyl (C=O) groups excluding carboxylic acids is 1. The first-order valence-electron chi connectivity index (χ1n) is 9.09. The van der Waals surface area contributed by atoms with Gasteiger partial charge in [-0.2, -0.15) is 4.98 Å². The van der Waals surface area contributed by atoms with Gasteiger partial charge in [-0.1, -0.05) is 30.3 Å². The summed E-state index contributed by atoms with van der Waals surface area (Å²) in [6.07, 6.45) is 2.89. The molecular formula is C20H15N7O2S. The second-order valence-corrected chi connectivity index (χ2v) is 7.88. The van der Waals surface area contributed by atoms with E-state index < -0.39 is 5.91 Å². The van der Waals surface area contributed by atoms with Gasteiger partial charge in [-0.05, 0) is 25.5 Å². The third-order valence-corrected chi connectivity index (χ3v) is 5.72. The topological polar surface area (TPSA) is 107 Å². The lowest BCUT2D eigenvalue weighted by atomic mass is 10.0. The van der Waals surface area contributed by atoms with Crippen molar-refractivity contribution >= 4 is 33.2 Å². The van der Waals surface area contributed by atoms with Crippen LogP contribution < -0.4 is 11.0 Å². The van der Waals surface area contributed by atoms with E-state index in [9.17, 15) is 9.59 Å². The van der Waals surface area contributed by atoms with Gasteiger partial charge in [-0.3, -0.25) is 15.0 Å². The van der Waals surface area contributed by atoms with Gasteiger partial charge in [0.05, 0.1) is 5.39 Å². The van der Waals surface area contributed by atoms with Crippen LogP contribution in [0.3, 0.4) is 0 Å². The predicted octanol–water partition coefficient (Wildman–Crippen LogP) is 2.56. The maximum Gasteiger partial charge on any atom is 0.309 e. The van der Waals surface area contributed by atoms with Gasteiger partial charge in [0.25, 0.3) is 11.3 Å². The SMILES string of the molecule is Cc1sc2ncn(NC(=O)c3nc4nccc(C)n4n3)c(=O)c2c1-c1ccccc1. The number of thiophene rings is 1.